The zero-order chi connectivity index (χ0) is 14.3. The van der Waals surface area contributed by atoms with Gasteiger partial charge < -0.3 is 10.1 Å². The standard InChI is InChI=1S/C17H19N3O.3ClH/c1-2-16(20-7-1)13-21-17-10-15(11-19-12-17)4-3-14-5-8-18-9-6-14;;;/h3-6,8-12,16,20H,1-2,7,13H2;3*1H/t16-;;;/m0.../s1. The topological polar surface area (TPSA) is 47.0 Å². The van der Waals surface area contributed by atoms with Crippen molar-refractivity contribution in [2.45, 2.75) is 18.9 Å². The fraction of sp³-hybridized carbons (Fsp3) is 0.294. The lowest BCUT2D eigenvalue weighted by molar-refractivity contribution is 0.276. The number of rotatable bonds is 5. The smallest absolute Gasteiger partial charge is 0.138 e. The van der Waals surface area contributed by atoms with E-state index in [0.717, 1.165) is 23.4 Å². The van der Waals surface area contributed by atoms with Gasteiger partial charge in [0.1, 0.15) is 12.4 Å². The molecule has 0 aliphatic carbocycles. The molecule has 4 nitrogen and oxygen atoms in total. The van der Waals surface area contributed by atoms with Crippen molar-refractivity contribution >= 4 is 49.4 Å². The van der Waals surface area contributed by atoms with Crippen LogP contribution in [0.15, 0.2) is 43.0 Å². The predicted molar refractivity (Wildman–Crippen MR) is 106 cm³/mol. The first-order chi connectivity index (χ1) is 10.4. The lowest BCUT2D eigenvalue weighted by Gasteiger charge is -2.11. The van der Waals surface area contributed by atoms with Crippen molar-refractivity contribution in [3.63, 3.8) is 0 Å². The highest BCUT2D eigenvalue weighted by Crippen LogP contribution is 2.15. The first-order valence-corrected chi connectivity index (χ1v) is 7.29. The Hall–Kier alpha value is -1.33. The van der Waals surface area contributed by atoms with Gasteiger partial charge in [-0.05, 0) is 48.7 Å². The summed E-state index contributed by atoms with van der Waals surface area (Å²) in [7, 11) is 0. The van der Waals surface area contributed by atoms with Crippen molar-refractivity contribution in [1.29, 1.82) is 0 Å². The molecule has 3 rings (SSSR count). The minimum Gasteiger partial charge on any atom is -0.490 e. The maximum atomic E-state index is 5.81. The molecule has 1 fully saturated rings. The molecule has 132 valence electrons. The molecule has 0 saturated carbocycles. The molecule has 0 amide bonds. The lowest BCUT2D eigenvalue weighted by Crippen LogP contribution is -2.28. The zero-order valence-electron chi connectivity index (χ0n) is 13.1. The van der Waals surface area contributed by atoms with Crippen molar-refractivity contribution in [3.05, 3.63) is 54.1 Å². The summed E-state index contributed by atoms with van der Waals surface area (Å²) < 4.78 is 5.81. The van der Waals surface area contributed by atoms with Crippen LogP contribution in [0.1, 0.15) is 24.0 Å². The molecule has 0 unspecified atom stereocenters. The number of nitrogens with one attached hydrogen (secondary N) is 1. The van der Waals surface area contributed by atoms with E-state index in [1.807, 2.05) is 36.5 Å². The maximum absolute atomic E-state index is 5.81. The summed E-state index contributed by atoms with van der Waals surface area (Å²) in [4.78, 5) is 8.24. The number of hydrogen-bond donors (Lipinski definition) is 1. The van der Waals surface area contributed by atoms with Gasteiger partial charge in [-0.1, -0.05) is 12.2 Å². The maximum Gasteiger partial charge on any atom is 0.138 e. The van der Waals surface area contributed by atoms with Crippen LogP contribution in [0.5, 0.6) is 5.75 Å². The van der Waals surface area contributed by atoms with Crippen LogP contribution < -0.4 is 10.1 Å². The second kappa shape index (κ2) is 12.1. The first kappa shape index (κ1) is 22.7. The van der Waals surface area contributed by atoms with Gasteiger partial charge in [-0.15, -0.1) is 37.2 Å². The van der Waals surface area contributed by atoms with E-state index in [-0.39, 0.29) is 37.2 Å². The van der Waals surface area contributed by atoms with E-state index >= 15 is 0 Å². The molecule has 2 aromatic heterocycles. The Balaban J connectivity index is 0.00000176. The van der Waals surface area contributed by atoms with Crippen LogP contribution in [0.2, 0.25) is 0 Å². The molecule has 1 aliphatic heterocycles. The molecule has 1 aliphatic rings. The average Bonchev–Trinajstić information content (AvgIpc) is 3.06. The summed E-state index contributed by atoms with van der Waals surface area (Å²) in [6, 6.07) is 6.42. The Morgan fingerprint density at radius 2 is 1.79 bits per heavy atom. The summed E-state index contributed by atoms with van der Waals surface area (Å²) in [5.74, 6) is 0.820. The van der Waals surface area contributed by atoms with Gasteiger partial charge in [0, 0.05) is 24.6 Å². The molecule has 3 heterocycles. The van der Waals surface area contributed by atoms with Crippen molar-refractivity contribution in [2.24, 2.45) is 0 Å². The van der Waals surface area contributed by atoms with Crippen molar-refractivity contribution < 1.29 is 4.74 Å². The summed E-state index contributed by atoms with van der Waals surface area (Å²) >= 11 is 0. The summed E-state index contributed by atoms with van der Waals surface area (Å²) in [6.45, 7) is 1.81. The van der Waals surface area contributed by atoms with E-state index in [1.54, 1.807) is 18.6 Å². The molecule has 0 aromatic carbocycles. The number of halogens is 3. The second-order valence-corrected chi connectivity index (χ2v) is 5.17. The normalized spacial score (nSPS) is 15.9. The second-order valence-electron chi connectivity index (χ2n) is 5.17. The van der Waals surface area contributed by atoms with Crippen LogP contribution in [-0.4, -0.2) is 29.2 Å². The summed E-state index contributed by atoms with van der Waals surface area (Å²) in [5, 5.41) is 3.42. The highest BCUT2D eigenvalue weighted by Gasteiger charge is 2.14. The molecule has 0 radical (unpaired) electrons. The fourth-order valence-electron chi connectivity index (χ4n) is 2.37. The molecule has 24 heavy (non-hydrogen) atoms. The van der Waals surface area contributed by atoms with Crippen molar-refractivity contribution in [3.8, 4) is 5.75 Å². The molecule has 0 spiro atoms. The number of pyridine rings is 2. The van der Waals surface area contributed by atoms with Gasteiger partial charge in [0.25, 0.3) is 0 Å². The fourth-order valence-corrected chi connectivity index (χ4v) is 2.37. The third-order valence-electron chi connectivity index (χ3n) is 3.52. The van der Waals surface area contributed by atoms with E-state index in [2.05, 4.69) is 15.3 Å². The number of nitrogens with zero attached hydrogens (tertiary/aromatic N) is 2. The van der Waals surface area contributed by atoms with Crippen LogP contribution in [0.4, 0.5) is 0 Å². The monoisotopic (exact) mass is 389 g/mol. The molecule has 1 saturated heterocycles. The van der Waals surface area contributed by atoms with Gasteiger partial charge in [-0.3, -0.25) is 9.97 Å². The zero-order valence-corrected chi connectivity index (χ0v) is 15.6. The van der Waals surface area contributed by atoms with Gasteiger partial charge in [-0.25, -0.2) is 0 Å². The summed E-state index contributed by atoms with van der Waals surface area (Å²) in [5.41, 5.74) is 2.15. The third kappa shape index (κ3) is 7.05. The highest BCUT2D eigenvalue weighted by atomic mass is 35.5. The largest absolute Gasteiger partial charge is 0.490 e. The van der Waals surface area contributed by atoms with Crippen molar-refractivity contribution in [2.75, 3.05) is 13.2 Å². The van der Waals surface area contributed by atoms with E-state index in [0.29, 0.717) is 12.6 Å². The first-order valence-electron chi connectivity index (χ1n) is 7.29. The molecule has 0 bridgehead atoms. The Bertz CT molecular complexity index is 605. The van der Waals surface area contributed by atoms with E-state index in [1.165, 1.54) is 12.8 Å². The van der Waals surface area contributed by atoms with E-state index in [9.17, 15) is 0 Å². The van der Waals surface area contributed by atoms with E-state index < -0.39 is 0 Å². The van der Waals surface area contributed by atoms with Crippen LogP contribution in [0.3, 0.4) is 0 Å². The Morgan fingerprint density at radius 1 is 1.04 bits per heavy atom. The van der Waals surface area contributed by atoms with E-state index in [4.69, 9.17) is 4.74 Å². The summed E-state index contributed by atoms with van der Waals surface area (Å²) in [6.07, 6.45) is 13.7. The van der Waals surface area contributed by atoms with Gasteiger partial charge in [0.05, 0.1) is 6.20 Å². The minimum atomic E-state index is 0. The number of aromatic nitrogens is 2. The quantitative estimate of drug-likeness (QED) is 0.837. The molecule has 1 atom stereocenters. The average molecular weight is 391 g/mol. The van der Waals surface area contributed by atoms with Gasteiger partial charge >= 0.3 is 0 Å². The van der Waals surface area contributed by atoms with Crippen molar-refractivity contribution in [1.82, 2.24) is 15.3 Å². The highest BCUT2D eigenvalue weighted by molar-refractivity contribution is 5.86. The van der Waals surface area contributed by atoms with Crippen LogP contribution in [0, 0.1) is 0 Å². The van der Waals surface area contributed by atoms with Crippen LogP contribution in [0.25, 0.3) is 12.2 Å². The number of ether oxygens (including phenoxy) is 1. The molecule has 2 aromatic rings. The molecular weight excluding hydrogens is 369 g/mol. The molecule has 1 N–H and O–H groups in total. The molecular formula is C17H22Cl3N3O. The third-order valence-corrected chi connectivity index (χ3v) is 3.52. The Morgan fingerprint density at radius 3 is 2.50 bits per heavy atom. The van der Waals surface area contributed by atoms with Gasteiger partial charge in [0.15, 0.2) is 0 Å². The van der Waals surface area contributed by atoms with Crippen LogP contribution >= 0.6 is 37.2 Å². The number of hydrogen-bond acceptors (Lipinski definition) is 4. The Labute approximate surface area is 161 Å². The van der Waals surface area contributed by atoms with Crippen LogP contribution in [-0.2, 0) is 0 Å². The van der Waals surface area contributed by atoms with Gasteiger partial charge in [0.2, 0.25) is 0 Å². The Kier molecular flexibility index (Phi) is 11.4. The predicted octanol–water partition coefficient (Wildman–Crippen LogP) is 4.04. The van der Waals surface area contributed by atoms with Gasteiger partial charge in [-0.2, -0.15) is 0 Å². The SMILES string of the molecule is C(=Cc1cncc(OC[C@@H]2CCCN2)c1)c1ccncc1.Cl.Cl.Cl. The lowest BCUT2D eigenvalue weighted by atomic mass is 10.2. The molecule has 7 heteroatoms. The minimum absolute atomic E-state index is 0.